The van der Waals surface area contributed by atoms with Gasteiger partial charge in [-0.3, -0.25) is 9.59 Å². The molecular formula is C21H22N2O2S. The van der Waals surface area contributed by atoms with E-state index in [1.807, 2.05) is 58.0 Å². The van der Waals surface area contributed by atoms with Crippen molar-refractivity contribution in [1.82, 2.24) is 9.80 Å². The van der Waals surface area contributed by atoms with Gasteiger partial charge in [-0.2, -0.15) is 0 Å². The number of aryl methyl sites for hydroxylation is 1. The highest BCUT2D eigenvalue weighted by Gasteiger charge is 2.26. The third-order valence-electron chi connectivity index (χ3n) is 5.03. The minimum absolute atomic E-state index is 0.0449. The molecule has 2 aromatic rings. The summed E-state index contributed by atoms with van der Waals surface area (Å²) in [5, 5.41) is 0. The summed E-state index contributed by atoms with van der Waals surface area (Å²) in [5.41, 5.74) is 2.78. The minimum Gasteiger partial charge on any atom is -0.335 e. The van der Waals surface area contributed by atoms with E-state index in [1.165, 1.54) is 16.9 Å². The minimum atomic E-state index is 0.0449. The number of hydrogen-bond acceptors (Lipinski definition) is 3. The molecule has 2 heterocycles. The number of carbonyl (C=O) groups excluding carboxylic acids is 2. The van der Waals surface area contributed by atoms with Crippen LogP contribution in [-0.2, 0) is 6.42 Å². The van der Waals surface area contributed by atoms with E-state index in [1.54, 1.807) is 0 Å². The van der Waals surface area contributed by atoms with Gasteiger partial charge in [0.25, 0.3) is 11.8 Å². The van der Waals surface area contributed by atoms with Crippen LogP contribution in [-0.4, -0.2) is 53.5 Å². The molecule has 0 N–H and O–H groups in total. The molecule has 0 radical (unpaired) electrons. The van der Waals surface area contributed by atoms with Crippen LogP contribution in [0.2, 0.25) is 0 Å². The third-order valence-corrected chi connectivity index (χ3v) is 6.23. The van der Waals surface area contributed by atoms with Gasteiger partial charge in [-0.15, -0.1) is 11.8 Å². The van der Waals surface area contributed by atoms with Gasteiger partial charge in [-0.25, -0.2) is 0 Å². The summed E-state index contributed by atoms with van der Waals surface area (Å²) in [7, 11) is 0. The number of nitrogens with zero attached hydrogens (tertiary/aromatic N) is 2. The van der Waals surface area contributed by atoms with E-state index in [2.05, 4.69) is 12.1 Å². The van der Waals surface area contributed by atoms with Crippen LogP contribution < -0.4 is 0 Å². The first-order chi connectivity index (χ1) is 12.7. The number of rotatable bonds is 2. The van der Waals surface area contributed by atoms with E-state index in [0.717, 1.165) is 17.7 Å². The monoisotopic (exact) mass is 366 g/mol. The molecule has 2 amide bonds. The zero-order chi connectivity index (χ0) is 17.9. The second-order valence-electron chi connectivity index (χ2n) is 6.72. The Kier molecular flexibility index (Phi) is 4.98. The van der Waals surface area contributed by atoms with Crippen LogP contribution in [0.1, 0.15) is 32.7 Å². The summed E-state index contributed by atoms with van der Waals surface area (Å²) in [6, 6.07) is 15.4. The van der Waals surface area contributed by atoms with Gasteiger partial charge < -0.3 is 9.80 Å². The van der Waals surface area contributed by atoms with Crippen molar-refractivity contribution in [3.8, 4) is 0 Å². The second-order valence-corrected chi connectivity index (χ2v) is 7.86. The van der Waals surface area contributed by atoms with E-state index >= 15 is 0 Å². The van der Waals surface area contributed by atoms with Crippen LogP contribution in [0.15, 0.2) is 53.4 Å². The quantitative estimate of drug-likeness (QED) is 0.819. The van der Waals surface area contributed by atoms with Crippen molar-refractivity contribution in [3.63, 3.8) is 0 Å². The molecule has 0 saturated carbocycles. The summed E-state index contributed by atoms with van der Waals surface area (Å²) < 4.78 is 0. The van der Waals surface area contributed by atoms with Gasteiger partial charge in [0, 0.05) is 42.2 Å². The maximum absolute atomic E-state index is 12.8. The SMILES string of the molecule is O=C(c1ccccc1)N1CCN(C(=O)c2ccc3c(c2)CCCS3)CC1. The highest BCUT2D eigenvalue weighted by molar-refractivity contribution is 7.99. The molecule has 2 aliphatic heterocycles. The van der Waals surface area contributed by atoms with E-state index in [9.17, 15) is 9.59 Å². The van der Waals surface area contributed by atoms with Crippen LogP contribution >= 0.6 is 11.8 Å². The zero-order valence-corrected chi connectivity index (χ0v) is 15.5. The zero-order valence-electron chi connectivity index (χ0n) is 14.7. The summed E-state index contributed by atoms with van der Waals surface area (Å²) in [6.45, 7) is 2.34. The molecular weight excluding hydrogens is 344 g/mol. The fourth-order valence-corrected chi connectivity index (χ4v) is 4.57. The van der Waals surface area contributed by atoms with Gasteiger partial charge in [-0.05, 0) is 54.5 Å². The number of thioether (sulfide) groups is 1. The van der Waals surface area contributed by atoms with Crippen LogP contribution in [0.25, 0.3) is 0 Å². The molecule has 134 valence electrons. The lowest BCUT2D eigenvalue weighted by atomic mass is 10.0. The highest BCUT2D eigenvalue weighted by atomic mass is 32.2. The molecule has 0 spiro atoms. The van der Waals surface area contributed by atoms with Crippen LogP contribution in [0, 0.1) is 0 Å². The third kappa shape index (κ3) is 3.49. The Balaban J connectivity index is 1.40. The second kappa shape index (κ2) is 7.54. The molecule has 26 heavy (non-hydrogen) atoms. The summed E-state index contributed by atoms with van der Waals surface area (Å²) in [4.78, 5) is 30.4. The molecule has 2 aromatic carbocycles. The predicted octanol–water partition coefficient (Wildman–Crippen LogP) is 3.32. The van der Waals surface area contributed by atoms with Crippen LogP contribution in [0.3, 0.4) is 0 Å². The maximum atomic E-state index is 12.8. The van der Waals surface area contributed by atoms with Crippen molar-refractivity contribution < 1.29 is 9.59 Å². The first-order valence-electron chi connectivity index (χ1n) is 9.12. The Hall–Kier alpha value is -2.27. The molecule has 0 aliphatic carbocycles. The van der Waals surface area contributed by atoms with Gasteiger partial charge in [0.05, 0.1) is 0 Å². The van der Waals surface area contributed by atoms with E-state index in [4.69, 9.17) is 0 Å². The van der Waals surface area contributed by atoms with Gasteiger partial charge in [0.2, 0.25) is 0 Å². The first kappa shape index (κ1) is 17.2. The number of benzene rings is 2. The van der Waals surface area contributed by atoms with Crippen molar-refractivity contribution in [2.75, 3.05) is 31.9 Å². The Morgan fingerprint density at radius 3 is 2.15 bits per heavy atom. The lowest BCUT2D eigenvalue weighted by Gasteiger charge is -2.35. The fraction of sp³-hybridized carbons (Fsp3) is 0.333. The number of piperazine rings is 1. The molecule has 4 rings (SSSR count). The van der Waals surface area contributed by atoms with Gasteiger partial charge in [-0.1, -0.05) is 18.2 Å². The predicted molar refractivity (Wildman–Crippen MR) is 104 cm³/mol. The number of fused-ring (bicyclic) bond motifs is 1. The van der Waals surface area contributed by atoms with Gasteiger partial charge in [0.15, 0.2) is 0 Å². The average Bonchev–Trinajstić information content (AvgIpc) is 2.73. The first-order valence-corrected chi connectivity index (χ1v) is 10.1. The van der Waals surface area contributed by atoms with E-state index in [-0.39, 0.29) is 11.8 Å². The summed E-state index contributed by atoms with van der Waals surface area (Å²) in [5.74, 6) is 1.29. The molecule has 1 saturated heterocycles. The standard InChI is InChI=1S/C21H22N2O2S/c24-20(16-5-2-1-3-6-16)22-10-12-23(13-11-22)21(25)18-8-9-19-17(15-18)7-4-14-26-19/h1-3,5-6,8-9,15H,4,7,10-14H2. The molecule has 0 atom stereocenters. The summed E-state index contributed by atoms with van der Waals surface area (Å²) >= 11 is 1.88. The largest absolute Gasteiger partial charge is 0.335 e. The highest BCUT2D eigenvalue weighted by Crippen LogP contribution is 2.30. The van der Waals surface area contributed by atoms with Crippen LogP contribution in [0.5, 0.6) is 0 Å². The lowest BCUT2D eigenvalue weighted by Crippen LogP contribution is -2.50. The maximum Gasteiger partial charge on any atom is 0.253 e. The topological polar surface area (TPSA) is 40.6 Å². The average molecular weight is 366 g/mol. The Bertz CT molecular complexity index is 814. The molecule has 4 nitrogen and oxygen atoms in total. The van der Waals surface area contributed by atoms with Crippen molar-refractivity contribution in [2.45, 2.75) is 17.7 Å². The number of carbonyl (C=O) groups is 2. The van der Waals surface area contributed by atoms with Crippen molar-refractivity contribution in [1.29, 1.82) is 0 Å². The molecule has 0 unspecified atom stereocenters. The normalized spacial score (nSPS) is 16.9. The van der Waals surface area contributed by atoms with Crippen LogP contribution in [0.4, 0.5) is 0 Å². The summed E-state index contributed by atoms with van der Waals surface area (Å²) in [6.07, 6.45) is 2.23. The van der Waals surface area contributed by atoms with Crippen molar-refractivity contribution in [3.05, 3.63) is 65.2 Å². The van der Waals surface area contributed by atoms with Gasteiger partial charge in [0.1, 0.15) is 0 Å². The van der Waals surface area contributed by atoms with E-state index < -0.39 is 0 Å². The molecule has 0 aromatic heterocycles. The molecule has 0 bridgehead atoms. The smallest absolute Gasteiger partial charge is 0.253 e. The van der Waals surface area contributed by atoms with Crippen molar-refractivity contribution in [2.24, 2.45) is 0 Å². The number of amides is 2. The lowest BCUT2D eigenvalue weighted by molar-refractivity contribution is 0.0535. The molecule has 2 aliphatic rings. The Morgan fingerprint density at radius 2 is 1.46 bits per heavy atom. The van der Waals surface area contributed by atoms with Gasteiger partial charge >= 0.3 is 0 Å². The number of hydrogen-bond donors (Lipinski definition) is 0. The molecule has 5 heteroatoms. The Labute approximate surface area is 158 Å². The fourth-order valence-electron chi connectivity index (χ4n) is 3.55. The van der Waals surface area contributed by atoms with Crippen molar-refractivity contribution >= 4 is 23.6 Å². The Morgan fingerprint density at radius 1 is 0.808 bits per heavy atom. The molecule has 1 fully saturated rings. The van der Waals surface area contributed by atoms with E-state index in [0.29, 0.717) is 31.7 Å².